The Labute approximate surface area is 225 Å². The van der Waals surface area contributed by atoms with E-state index in [2.05, 4.69) is 15.3 Å². The van der Waals surface area contributed by atoms with Crippen LogP contribution >= 0.6 is 23.2 Å². The minimum absolute atomic E-state index is 0.0514. The van der Waals surface area contributed by atoms with Gasteiger partial charge in [0.2, 0.25) is 0 Å². The molecule has 3 aromatic heterocycles. The van der Waals surface area contributed by atoms with Crippen LogP contribution in [0.1, 0.15) is 41.7 Å². The zero-order valence-electron chi connectivity index (χ0n) is 19.9. The van der Waals surface area contributed by atoms with Gasteiger partial charge in [-0.15, -0.1) is 0 Å². The number of nitrogens with one attached hydrogen (secondary N) is 1. The van der Waals surface area contributed by atoms with Crippen LogP contribution in [0.15, 0.2) is 59.8 Å². The van der Waals surface area contributed by atoms with Crippen LogP contribution < -0.4 is 11.0 Å². The van der Waals surface area contributed by atoms with E-state index in [-0.39, 0.29) is 22.7 Å². The van der Waals surface area contributed by atoms with Crippen molar-refractivity contribution in [2.75, 3.05) is 0 Å². The first-order chi connectivity index (χ1) is 18.1. The molecule has 1 saturated carbocycles. The molecule has 1 fully saturated rings. The summed E-state index contributed by atoms with van der Waals surface area (Å²) in [5, 5.41) is 3.01. The largest absolute Gasteiger partial charge is 0.434 e. The summed E-state index contributed by atoms with van der Waals surface area (Å²) in [5.41, 5.74) is -0.0415. The Morgan fingerprint density at radius 3 is 2.45 bits per heavy atom. The van der Waals surface area contributed by atoms with Crippen molar-refractivity contribution in [2.45, 2.75) is 44.4 Å². The molecule has 0 atom stereocenters. The van der Waals surface area contributed by atoms with Crippen molar-refractivity contribution in [3.63, 3.8) is 0 Å². The van der Waals surface area contributed by atoms with Gasteiger partial charge in [-0.25, -0.2) is 9.78 Å². The second-order valence-corrected chi connectivity index (χ2v) is 10.1. The van der Waals surface area contributed by atoms with Crippen molar-refractivity contribution in [3.05, 3.63) is 86.8 Å². The van der Waals surface area contributed by atoms with Crippen LogP contribution in [0, 0.1) is 5.92 Å². The number of carbonyl (C=O) groups is 1. The third-order valence-electron chi connectivity index (χ3n) is 6.82. The van der Waals surface area contributed by atoms with Gasteiger partial charge in [0, 0.05) is 31.2 Å². The minimum Gasteiger partial charge on any atom is -0.349 e. The van der Waals surface area contributed by atoms with Gasteiger partial charge in [-0.3, -0.25) is 18.9 Å². The van der Waals surface area contributed by atoms with Gasteiger partial charge in [0.1, 0.15) is 0 Å². The number of carbonyl (C=O) groups excluding carboxylic acids is 1. The van der Waals surface area contributed by atoms with Crippen LogP contribution in [0.5, 0.6) is 0 Å². The van der Waals surface area contributed by atoms with E-state index in [1.165, 1.54) is 6.20 Å². The summed E-state index contributed by atoms with van der Waals surface area (Å²) >= 11 is 12.1. The van der Waals surface area contributed by atoms with E-state index >= 15 is 0 Å². The van der Waals surface area contributed by atoms with Gasteiger partial charge < -0.3 is 5.32 Å². The molecule has 0 radical (unpaired) electrons. The number of fused-ring (bicyclic) bond motifs is 1. The maximum absolute atomic E-state index is 13.5. The van der Waals surface area contributed by atoms with Crippen molar-refractivity contribution in [1.29, 1.82) is 0 Å². The van der Waals surface area contributed by atoms with E-state index < -0.39 is 23.3 Å². The van der Waals surface area contributed by atoms with Gasteiger partial charge in [-0.2, -0.15) is 13.2 Å². The molecule has 1 N–H and O–H groups in total. The fourth-order valence-electron chi connectivity index (χ4n) is 5.02. The number of para-hydroxylation sites is 2. The molecule has 0 spiro atoms. The first kappa shape index (κ1) is 26.2. The molecule has 0 aliphatic heterocycles. The summed E-state index contributed by atoms with van der Waals surface area (Å²) in [6.45, 7) is 0.464. The number of alkyl halides is 3. The molecule has 5 rings (SSSR count). The Balaban J connectivity index is 1.31. The lowest BCUT2D eigenvalue weighted by Crippen LogP contribution is -2.39. The summed E-state index contributed by atoms with van der Waals surface area (Å²) < 4.78 is 43.3. The highest BCUT2D eigenvalue weighted by atomic mass is 35.5. The van der Waals surface area contributed by atoms with Crippen LogP contribution in [0.25, 0.3) is 16.7 Å². The Bertz CT molecular complexity index is 1560. The summed E-state index contributed by atoms with van der Waals surface area (Å²) in [6.07, 6.45) is 1.66. The number of imidazole rings is 1. The zero-order chi connectivity index (χ0) is 27.0. The van der Waals surface area contributed by atoms with Crippen LogP contribution in [-0.2, 0) is 12.7 Å². The second-order valence-electron chi connectivity index (χ2n) is 9.28. The predicted octanol–water partition coefficient (Wildman–Crippen LogP) is 5.90. The summed E-state index contributed by atoms with van der Waals surface area (Å²) in [5.74, 6) is -0.712. The molecular weight excluding hydrogens is 542 g/mol. The number of nitrogens with zero attached hydrogens (tertiary/aromatic N) is 4. The van der Waals surface area contributed by atoms with Gasteiger partial charge in [0.25, 0.3) is 5.91 Å². The predicted molar refractivity (Wildman–Crippen MR) is 138 cm³/mol. The first-order valence-electron chi connectivity index (χ1n) is 12.0. The van der Waals surface area contributed by atoms with Gasteiger partial charge in [-0.05, 0) is 55.9 Å². The monoisotopic (exact) mass is 563 g/mol. The van der Waals surface area contributed by atoms with E-state index in [9.17, 15) is 22.8 Å². The van der Waals surface area contributed by atoms with Gasteiger partial charge in [0.05, 0.1) is 32.3 Å². The van der Waals surface area contributed by atoms with E-state index in [0.29, 0.717) is 42.9 Å². The lowest BCUT2D eigenvalue weighted by Gasteiger charge is -2.29. The van der Waals surface area contributed by atoms with Crippen LogP contribution in [-0.4, -0.2) is 31.1 Å². The molecule has 1 amide bonds. The van der Waals surface area contributed by atoms with Crippen molar-refractivity contribution in [1.82, 2.24) is 24.4 Å². The molecule has 7 nitrogen and oxygen atoms in total. The maximum Gasteiger partial charge on any atom is 0.434 e. The Morgan fingerprint density at radius 1 is 1.05 bits per heavy atom. The summed E-state index contributed by atoms with van der Waals surface area (Å²) in [4.78, 5) is 33.5. The maximum atomic E-state index is 13.5. The van der Waals surface area contributed by atoms with Crippen molar-refractivity contribution in [3.8, 4) is 5.69 Å². The van der Waals surface area contributed by atoms with Gasteiger partial charge >= 0.3 is 11.9 Å². The van der Waals surface area contributed by atoms with Crippen molar-refractivity contribution < 1.29 is 18.0 Å². The first-order valence-corrected chi connectivity index (χ1v) is 12.7. The Morgan fingerprint density at radius 2 is 1.76 bits per heavy atom. The molecule has 198 valence electrons. The van der Waals surface area contributed by atoms with E-state index in [0.717, 1.165) is 23.3 Å². The quantitative estimate of drug-likeness (QED) is 0.328. The highest BCUT2D eigenvalue weighted by Gasteiger charge is 2.38. The normalized spacial score (nSPS) is 18.0. The summed E-state index contributed by atoms with van der Waals surface area (Å²) in [7, 11) is 0. The standard InChI is InChI=1S/C26H22Cl2F3N5O2/c27-16-11-18(23(33-12-16)26(29,30)31)24(37)34-17-7-5-15(6-8-17)14-35-21-3-1-2-4-22(21)36(25(35)38)20-9-10-32-13-19(20)28/h1-4,9-13,15,17H,5-8,14H2,(H,34,37)/t15-,17-. The molecule has 0 unspecified atom stereocenters. The van der Waals surface area contributed by atoms with E-state index in [1.54, 1.807) is 21.4 Å². The second kappa shape index (κ2) is 10.4. The molecule has 1 aromatic carbocycles. The number of halogens is 5. The third-order valence-corrected chi connectivity index (χ3v) is 7.32. The molecule has 0 saturated heterocycles. The fourth-order valence-corrected chi connectivity index (χ4v) is 5.38. The highest BCUT2D eigenvalue weighted by molar-refractivity contribution is 6.32. The number of benzene rings is 1. The van der Waals surface area contributed by atoms with Gasteiger partial charge in [0.15, 0.2) is 5.69 Å². The average molecular weight is 564 g/mol. The molecule has 12 heteroatoms. The number of pyridine rings is 2. The number of hydrogen-bond acceptors (Lipinski definition) is 4. The lowest BCUT2D eigenvalue weighted by molar-refractivity contribution is -0.141. The highest BCUT2D eigenvalue weighted by Crippen LogP contribution is 2.32. The van der Waals surface area contributed by atoms with Crippen LogP contribution in [0.2, 0.25) is 10.0 Å². The third kappa shape index (κ3) is 5.15. The number of amides is 1. The molecule has 3 heterocycles. The Hall–Kier alpha value is -3.37. The SMILES string of the molecule is O=C(N[C@H]1CC[C@H](Cn2c(=O)n(-c3ccncc3Cl)c3ccccc32)CC1)c1cc(Cl)cnc1C(F)(F)F. The average Bonchev–Trinajstić information content (AvgIpc) is 3.15. The molecular formula is C26H22Cl2F3N5O2. The molecule has 4 aromatic rings. The van der Waals surface area contributed by atoms with Gasteiger partial charge in [-0.1, -0.05) is 35.3 Å². The smallest absolute Gasteiger partial charge is 0.349 e. The zero-order valence-corrected chi connectivity index (χ0v) is 21.4. The number of hydrogen-bond donors (Lipinski definition) is 1. The summed E-state index contributed by atoms with van der Waals surface area (Å²) in [6, 6.07) is 9.83. The molecule has 38 heavy (non-hydrogen) atoms. The van der Waals surface area contributed by atoms with Crippen LogP contribution in [0.3, 0.4) is 0 Å². The van der Waals surface area contributed by atoms with Crippen molar-refractivity contribution >= 4 is 40.1 Å². The number of aromatic nitrogens is 4. The van der Waals surface area contributed by atoms with Crippen molar-refractivity contribution in [2.24, 2.45) is 5.92 Å². The fraction of sp³-hybridized carbons (Fsp3) is 0.308. The van der Waals surface area contributed by atoms with E-state index in [1.807, 2.05) is 24.3 Å². The molecule has 1 aliphatic rings. The molecule has 0 bridgehead atoms. The number of rotatable bonds is 5. The lowest BCUT2D eigenvalue weighted by atomic mass is 9.85. The van der Waals surface area contributed by atoms with Crippen LogP contribution in [0.4, 0.5) is 13.2 Å². The van der Waals surface area contributed by atoms with E-state index in [4.69, 9.17) is 23.2 Å². The Kier molecular flexibility index (Phi) is 7.19. The molecule has 1 aliphatic carbocycles. The topological polar surface area (TPSA) is 81.8 Å². The minimum atomic E-state index is -4.78.